The van der Waals surface area contributed by atoms with E-state index in [0.29, 0.717) is 11.8 Å². The summed E-state index contributed by atoms with van der Waals surface area (Å²) in [5.74, 6) is 1.26. The molecular formula is C70H42N6O2. The highest BCUT2D eigenvalue weighted by molar-refractivity contribution is 6.24. The van der Waals surface area contributed by atoms with Crippen molar-refractivity contribution in [2.45, 2.75) is 0 Å². The number of hydrogen-bond donors (Lipinski definition) is 0. The van der Waals surface area contributed by atoms with Crippen molar-refractivity contribution in [2.24, 2.45) is 0 Å². The summed E-state index contributed by atoms with van der Waals surface area (Å²) in [5, 5.41) is 10.5. The molecule has 0 radical (unpaired) electrons. The van der Waals surface area contributed by atoms with Crippen molar-refractivity contribution in [3.05, 3.63) is 255 Å². The summed E-state index contributed by atoms with van der Waals surface area (Å²) in [6.07, 6.45) is 5.42. The van der Waals surface area contributed by atoms with Gasteiger partial charge in [-0.15, -0.1) is 0 Å². The Balaban J connectivity index is 0.000000136. The van der Waals surface area contributed by atoms with Gasteiger partial charge in [0.1, 0.15) is 17.4 Å². The third-order valence-electron chi connectivity index (χ3n) is 14.8. The fourth-order valence-electron chi connectivity index (χ4n) is 11.3. The summed E-state index contributed by atoms with van der Waals surface area (Å²) in [7, 11) is 0. The number of fused-ring (bicyclic) bond motifs is 8. The van der Waals surface area contributed by atoms with Gasteiger partial charge in [0.25, 0.3) is 0 Å². The molecule has 12 aromatic carbocycles. The zero-order chi connectivity index (χ0) is 51.5. The Hall–Kier alpha value is -10.7. The van der Waals surface area contributed by atoms with Crippen molar-refractivity contribution in [1.82, 2.24) is 29.9 Å². The molecule has 0 unspecified atom stereocenters. The molecule has 16 rings (SSSR count). The summed E-state index contributed by atoms with van der Waals surface area (Å²) in [6, 6.07) is 81.5. The van der Waals surface area contributed by atoms with E-state index >= 15 is 0 Å². The first kappa shape index (κ1) is 44.8. The van der Waals surface area contributed by atoms with Crippen molar-refractivity contribution in [1.29, 1.82) is 0 Å². The van der Waals surface area contributed by atoms with E-state index in [1.165, 1.54) is 49.0 Å². The molecule has 8 heteroatoms. The highest BCUT2D eigenvalue weighted by Crippen LogP contribution is 2.46. The lowest BCUT2D eigenvalue weighted by Crippen LogP contribution is -1.94. The minimum absolute atomic E-state index is 0.627. The Morgan fingerprint density at radius 2 is 0.654 bits per heavy atom. The lowest BCUT2D eigenvalue weighted by Gasteiger charge is -2.18. The van der Waals surface area contributed by atoms with Crippen LogP contribution in [-0.4, -0.2) is 29.9 Å². The van der Waals surface area contributed by atoms with Gasteiger partial charge in [0.15, 0.2) is 11.2 Å². The maximum Gasteiger partial charge on any atom is 0.227 e. The zero-order valence-corrected chi connectivity index (χ0v) is 41.7. The summed E-state index contributed by atoms with van der Waals surface area (Å²) in [4.78, 5) is 28.0. The minimum Gasteiger partial charge on any atom is -0.436 e. The molecule has 0 amide bonds. The van der Waals surface area contributed by atoms with E-state index < -0.39 is 0 Å². The first-order valence-electron chi connectivity index (χ1n) is 25.9. The Kier molecular flexibility index (Phi) is 10.7. The van der Waals surface area contributed by atoms with Crippen molar-refractivity contribution >= 4 is 87.2 Å². The molecule has 78 heavy (non-hydrogen) atoms. The van der Waals surface area contributed by atoms with Gasteiger partial charge in [-0.05, 0) is 143 Å². The number of rotatable bonds is 6. The van der Waals surface area contributed by atoms with Gasteiger partial charge in [-0.25, -0.2) is 24.9 Å². The average Bonchev–Trinajstić information content (AvgIpc) is 4.25. The van der Waals surface area contributed by atoms with E-state index in [-0.39, 0.29) is 0 Å². The van der Waals surface area contributed by atoms with Crippen molar-refractivity contribution < 1.29 is 8.83 Å². The molecule has 16 aromatic rings. The zero-order valence-electron chi connectivity index (χ0n) is 41.7. The molecule has 0 aliphatic rings. The third kappa shape index (κ3) is 7.61. The predicted octanol–water partition coefficient (Wildman–Crippen LogP) is 18.2. The summed E-state index contributed by atoms with van der Waals surface area (Å²) in [5.41, 5.74) is 17.0. The number of benzene rings is 12. The van der Waals surface area contributed by atoms with Gasteiger partial charge in [-0.2, -0.15) is 0 Å². The quantitative estimate of drug-likeness (QED) is 0.152. The van der Waals surface area contributed by atoms with Crippen LogP contribution in [0, 0.1) is 0 Å². The van der Waals surface area contributed by atoms with Crippen LogP contribution in [0.2, 0.25) is 0 Å². The van der Waals surface area contributed by atoms with Crippen LogP contribution in [0.1, 0.15) is 0 Å². The third-order valence-corrected chi connectivity index (χ3v) is 14.8. The first-order valence-corrected chi connectivity index (χ1v) is 25.9. The second-order valence-corrected chi connectivity index (χ2v) is 19.3. The van der Waals surface area contributed by atoms with E-state index in [1.807, 2.05) is 91.3 Å². The normalized spacial score (nSPS) is 11.6. The molecular weight excluding hydrogens is 957 g/mol. The molecule has 0 atom stereocenters. The van der Waals surface area contributed by atoms with E-state index in [1.54, 1.807) is 6.33 Å². The molecule has 0 saturated heterocycles. The molecule has 0 fully saturated rings. The van der Waals surface area contributed by atoms with E-state index in [2.05, 4.69) is 178 Å². The van der Waals surface area contributed by atoms with Crippen LogP contribution in [0.4, 0.5) is 0 Å². The van der Waals surface area contributed by atoms with E-state index in [0.717, 1.165) is 94.0 Å². The smallest absolute Gasteiger partial charge is 0.227 e. The van der Waals surface area contributed by atoms with Gasteiger partial charge in [0.2, 0.25) is 11.8 Å². The van der Waals surface area contributed by atoms with Crippen molar-refractivity contribution in [2.75, 3.05) is 0 Å². The van der Waals surface area contributed by atoms with Gasteiger partial charge < -0.3 is 8.83 Å². The van der Waals surface area contributed by atoms with Gasteiger partial charge in [0, 0.05) is 28.3 Å². The SMILES string of the molecule is c1ccc2nc(-c3c4ccccc4c(-c4ccc(-c5nc6ccccc6o5)cc4)c4ccccc34)cnc2c1.c1ccc2oc(-c3ccc(-c4c5ccccc5c(-c5cccc6ncncc56)c5ccccc45)cc3)nc2c1. The first-order chi connectivity index (χ1) is 38.7. The lowest BCUT2D eigenvalue weighted by atomic mass is 9.85. The number of oxazole rings is 2. The highest BCUT2D eigenvalue weighted by Gasteiger charge is 2.21. The summed E-state index contributed by atoms with van der Waals surface area (Å²) >= 11 is 0. The second kappa shape index (κ2) is 18.6. The molecule has 0 N–H and O–H groups in total. The van der Waals surface area contributed by atoms with Crippen LogP contribution < -0.4 is 0 Å². The number of hydrogen-bond acceptors (Lipinski definition) is 8. The largest absolute Gasteiger partial charge is 0.436 e. The number of para-hydroxylation sites is 6. The van der Waals surface area contributed by atoms with Gasteiger partial charge in [0.05, 0.1) is 28.4 Å². The molecule has 364 valence electrons. The van der Waals surface area contributed by atoms with Crippen molar-refractivity contribution in [3.63, 3.8) is 0 Å². The standard InChI is InChI=1S/2C35H21N3O/c1-3-11-26-24(9-1)33(22-17-19-23(20-18-22)35-38-30-15-7-8-16-32(30)39-35)25-10-2-4-12-27(25)34(26)31-21-36-28-13-5-6-14-29(28)37-31;1-3-10-26-24(8-1)33(22-16-18-23(19-17-22)35-38-31-13-5-6-15-32(31)39-35)25-9-2-4-11-27(25)34(26)28-12-7-14-30-29(28)20-36-21-37-30/h2*1-21H. The van der Waals surface area contributed by atoms with Gasteiger partial charge in [-0.1, -0.05) is 170 Å². The maximum atomic E-state index is 6.02. The Morgan fingerprint density at radius 3 is 1.14 bits per heavy atom. The highest BCUT2D eigenvalue weighted by atomic mass is 16.4. The Bertz CT molecular complexity index is 4800. The molecule has 0 aliphatic heterocycles. The summed E-state index contributed by atoms with van der Waals surface area (Å²) < 4.78 is 12.0. The monoisotopic (exact) mass is 998 g/mol. The molecule has 0 aliphatic carbocycles. The molecule has 8 nitrogen and oxygen atoms in total. The van der Waals surface area contributed by atoms with Crippen LogP contribution in [-0.2, 0) is 0 Å². The van der Waals surface area contributed by atoms with E-state index in [4.69, 9.17) is 18.8 Å². The second-order valence-electron chi connectivity index (χ2n) is 19.3. The molecule has 4 heterocycles. The van der Waals surface area contributed by atoms with Crippen LogP contribution >= 0.6 is 0 Å². The summed E-state index contributed by atoms with van der Waals surface area (Å²) in [6.45, 7) is 0. The average molecular weight is 999 g/mol. The van der Waals surface area contributed by atoms with E-state index in [9.17, 15) is 0 Å². The fraction of sp³-hybridized carbons (Fsp3) is 0. The topological polar surface area (TPSA) is 104 Å². The van der Waals surface area contributed by atoms with Crippen LogP contribution in [0.3, 0.4) is 0 Å². The van der Waals surface area contributed by atoms with Gasteiger partial charge >= 0.3 is 0 Å². The molecule has 4 aromatic heterocycles. The minimum atomic E-state index is 0.627. The Labute approximate surface area is 446 Å². The fourth-order valence-corrected chi connectivity index (χ4v) is 11.3. The van der Waals surface area contributed by atoms with Crippen LogP contribution in [0.25, 0.3) is 155 Å². The maximum absolute atomic E-state index is 6.02. The lowest BCUT2D eigenvalue weighted by molar-refractivity contribution is 0.619. The van der Waals surface area contributed by atoms with Gasteiger partial charge in [-0.3, -0.25) is 4.98 Å². The van der Waals surface area contributed by atoms with Crippen LogP contribution in [0.15, 0.2) is 264 Å². The predicted molar refractivity (Wildman–Crippen MR) is 317 cm³/mol. The van der Waals surface area contributed by atoms with Crippen LogP contribution in [0.5, 0.6) is 0 Å². The number of nitrogens with zero attached hydrogens (tertiary/aromatic N) is 6. The molecule has 0 bridgehead atoms. The number of aromatic nitrogens is 6. The van der Waals surface area contributed by atoms with Crippen molar-refractivity contribution in [3.8, 4) is 67.5 Å². The molecule has 0 saturated carbocycles. The molecule has 0 spiro atoms. The Morgan fingerprint density at radius 1 is 0.256 bits per heavy atom.